The Bertz CT molecular complexity index is 1660. The number of carbonyl (C=O) groups is 2. The first kappa shape index (κ1) is 35.2. The van der Waals surface area contributed by atoms with Crippen LogP contribution in [0.5, 0.6) is 23.0 Å². The molecule has 2 fully saturated rings. The van der Waals surface area contributed by atoms with E-state index in [1.54, 1.807) is 7.11 Å². The van der Waals surface area contributed by atoms with Crippen LogP contribution in [-0.4, -0.2) is 88.5 Å². The smallest absolute Gasteiger partial charge is 0.315 e. The average Bonchev–Trinajstić information content (AvgIpc) is 3.81. The number of urea groups is 1. The van der Waals surface area contributed by atoms with Crippen LogP contribution in [0.2, 0.25) is 0 Å². The van der Waals surface area contributed by atoms with Gasteiger partial charge in [0, 0.05) is 36.5 Å². The highest BCUT2D eigenvalue weighted by molar-refractivity contribution is 8.00. The largest absolute Gasteiger partial charge is 1.00 e. The van der Waals surface area contributed by atoms with Gasteiger partial charge in [-0.05, 0) is 48.1 Å². The van der Waals surface area contributed by atoms with Crippen molar-refractivity contribution in [3.63, 3.8) is 0 Å². The van der Waals surface area contributed by atoms with Gasteiger partial charge in [-0.1, -0.05) is 6.42 Å². The molecule has 0 bridgehead atoms. The first-order valence-corrected chi connectivity index (χ1v) is 17.8. The Morgan fingerprint density at radius 3 is 2.71 bits per heavy atom. The van der Waals surface area contributed by atoms with E-state index in [0.717, 1.165) is 71.5 Å². The van der Waals surface area contributed by atoms with E-state index in [9.17, 15) is 9.59 Å². The molecule has 49 heavy (non-hydrogen) atoms. The van der Waals surface area contributed by atoms with Crippen molar-refractivity contribution in [2.24, 2.45) is 0 Å². The van der Waals surface area contributed by atoms with E-state index in [-0.39, 0.29) is 43.2 Å². The number of benzene rings is 2. The minimum absolute atomic E-state index is 0. The molecule has 2 aromatic carbocycles. The Kier molecular flexibility index (Phi) is 11.8. The summed E-state index contributed by atoms with van der Waals surface area (Å²) in [4.78, 5) is 23.7. The summed E-state index contributed by atoms with van der Waals surface area (Å²) in [5.41, 5.74) is 3.56. The van der Waals surface area contributed by atoms with Crippen LogP contribution in [0, 0.1) is 0 Å². The summed E-state index contributed by atoms with van der Waals surface area (Å²) < 4.78 is 36.6. The number of nitrogens with zero attached hydrogens (tertiary/aromatic N) is 1. The number of ether oxygens (including phenoxy) is 6. The molecule has 3 N–H and O–H groups in total. The van der Waals surface area contributed by atoms with Gasteiger partial charge in [0.15, 0.2) is 35.7 Å². The molecule has 264 valence electrons. The molecular formula is C35H43ClN4O8S. The number of fused-ring (bicyclic) bond motifs is 6. The molecule has 5 heterocycles. The van der Waals surface area contributed by atoms with Crippen LogP contribution < -0.4 is 51.9 Å². The second-order valence-electron chi connectivity index (χ2n) is 12.4. The molecule has 0 aliphatic carbocycles. The molecule has 0 spiro atoms. The van der Waals surface area contributed by atoms with Gasteiger partial charge in [-0.3, -0.25) is 4.79 Å². The van der Waals surface area contributed by atoms with Crippen molar-refractivity contribution in [1.82, 2.24) is 16.0 Å². The van der Waals surface area contributed by atoms with Gasteiger partial charge < -0.3 is 56.8 Å². The van der Waals surface area contributed by atoms with Gasteiger partial charge >= 0.3 is 6.03 Å². The lowest BCUT2D eigenvalue weighted by atomic mass is 9.95. The maximum Gasteiger partial charge on any atom is 0.315 e. The standard InChI is InChI=1S/C35H42N4O8S.ClH/c1-42-34-25-19-39-10-8-23-17-29-30(47-21-46-29)18-24(23)27(39)16-22(25)6-7-28(34)45-15-14-44-13-12-43-11-9-36-32(40)5-3-2-4-31-33-26(20-48-31)37-35(41)38-33;/h6-7,16-19,26,31,33H,2-5,8-15,20-21H2,1H3,(H2-,36,37,38,40,41);1H/t26-,31-,33-;/m0./s1. The molecule has 0 unspecified atom stereocenters. The summed E-state index contributed by atoms with van der Waals surface area (Å²) in [7, 11) is 1.67. The number of methoxy groups -OCH3 is 1. The van der Waals surface area contributed by atoms with Gasteiger partial charge in [0.2, 0.25) is 18.4 Å². The lowest BCUT2D eigenvalue weighted by Gasteiger charge is -2.17. The van der Waals surface area contributed by atoms with E-state index in [1.807, 2.05) is 17.8 Å². The van der Waals surface area contributed by atoms with Crippen LogP contribution in [0.1, 0.15) is 31.2 Å². The van der Waals surface area contributed by atoms with E-state index in [2.05, 4.69) is 51.0 Å². The molecule has 4 aliphatic rings. The lowest BCUT2D eigenvalue weighted by Crippen LogP contribution is -3.00. The Hall–Kier alpha value is -3.65. The van der Waals surface area contributed by atoms with Crippen molar-refractivity contribution in [2.75, 3.05) is 59.2 Å². The predicted molar refractivity (Wildman–Crippen MR) is 180 cm³/mol. The summed E-state index contributed by atoms with van der Waals surface area (Å²) in [6, 6.07) is 10.8. The molecule has 4 aliphatic heterocycles. The number of amides is 3. The number of nitrogens with one attached hydrogen (secondary N) is 3. The number of unbranched alkanes of at least 4 members (excludes halogenated alkanes) is 1. The normalized spacial score (nSPS) is 19.7. The van der Waals surface area contributed by atoms with E-state index in [4.69, 9.17) is 28.4 Å². The number of rotatable bonds is 16. The Morgan fingerprint density at radius 1 is 1.04 bits per heavy atom. The molecule has 3 aromatic rings. The van der Waals surface area contributed by atoms with Crippen molar-refractivity contribution in [2.45, 2.75) is 56.0 Å². The second-order valence-corrected chi connectivity index (χ2v) is 13.6. The zero-order valence-electron chi connectivity index (χ0n) is 27.6. The van der Waals surface area contributed by atoms with Gasteiger partial charge in [0.25, 0.3) is 0 Å². The first-order valence-electron chi connectivity index (χ1n) is 16.8. The van der Waals surface area contributed by atoms with Gasteiger partial charge in [-0.2, -0.15) is 16.3 Å². The minimum atomic E-state index is -0.0590. The third-order valence-electron chi connectivity index (χ3n) is 9.29. The first-order chi connectivity index (χ1) is 23.6. The highest BCUT2D eigenvalue weighted by atomic mass is 35.5. The molecule has 2 saturated heterocycles. The van der Waals surface area contributed by atoms with Gasteiger partial charge in [0.1, 0.15) is 6.61 Å². The molecule has 14 heteroatoms. The van der Waals surface area contributed by atoms with E-state index in [1.165, 1.54) is 5.56 Å². The predicted octanol–water partition coefficient (Wildman–Crippen LogP) is 0.346. The fraction of sp³-hybridized carbons (Fsp3) is 0.514. The summed E-state index contributed by atoms with van der Waals surface area (Å²) in [6.07, 6.45) is 6.38. The summed E-state index contributed by atoms with van der Waals surface area (Å²) in [5, 5.41) is 11.4. The molecule has 12 nitrogen and oxygen atoms in total. The monoisotopic (exact) mass is 714 g/mol. The Morgan fingerprint density at radius 2 is 1.86 bits per heavy atom. The van der Waals surface area contributed by atoms with E-state index in [0.29, 0.717) is 62.7 Å². The number of thioether (sulfide) groups is 1. The van der Waals surface area contributed by atoms with Crippen LogP contribution >= 0.6 is 11.8 Å². The topological polar surface area (TPSA) is 129 Å². The molecule has 3 amide bonds. The fourth-order valence-electron chi connectivity index (χ4n) is 6.88. The molecule has 3 atom stereocenters. The molecule has 7 rings (SSSR count). The van der Waals surface area contributed by atoms with Crippen molar-refractivity contribution >= 4 is 34.5 Å². The molecule has 1 aromatic heterocycles. The highest BCUT2D eigenvalue weighted by Crippen LogP contribution is 2.41. The number of pyridine rings is 1. The number of hydrogen-bond donors (Lipinski definition) is 3. The quantitative estimate of drug-likeness (QED) is 0.109. The number of aryl methyl sites for hydroxylation is 2. The van der Waals surface area contributed by atoms with E-state index < -0.39 is 0 Å². The Labute approximate surface area is 296 Å². The number of halogens is 1. The van der Waals surface area contributed by atoms with Crippen LogP contribution in [0.25, 0.3) is 22.0 Å². The maximum absolute atomic E-state index is 12.2. The fourth-order valence-corrected chi connectivity index (χ4v) is 8.42. The minimum Gasteiger partial charge on any atom is -1.00 e. The second kappa shape index (κ2) is 16.4. The van der Waals surface area contributed by atoms with E-state index >= 15 is 0 Å². The summed E-state index contributed by atoms with van der Waals surface area (Å²) in [6.45, 7) is 3.70. The number of aromatic nitrogens is 1. The number of carbonyl (C=O) groups excluding carboxylic acids is 2. The average molecular weight is 715 g/mol. The number of hydrogen-bond acceptors (Lipinski definition) is 9. The van der Waals surface area contributed by atoms with Crippen LogP contribution in [0.15, 0.2) is 36.5 Å². The van der Waals surface area contributed by atoms with Crippen LogP contribution in [-0.2, 0) is 27.2 Å². The van der Waals surface area contributed by atoms with Crippen molar-refractivity contribution in [3.8, 4) is 34.3 Å². The Balaban J connectivity index is 0.00000417. The summed E-state index contributed by atoms with van der Waals surface area (Å²) in [5.74, 6) is 3.98. The molecule has 0 radical (unpaired) electrons. The van der Waals surface area contributed by atoms with Gasteiger partial charge in [-0.25, -0.2) is 4.79 Å². The third kappa shape index (κ3) is 8.06. The summed E-state index contributed by atoms with van der Waals surface area (Å²) >= 11 is 1.91. The highest BCUT2D eigenvalue weighted by Gasteiger charge is 2.42. The van der Waals surface area contributed by atoms with Gasteiger partial charge in [0.05, 0.1) is 56.6 Å². The third-order valence-corrected chi connectivity index (χ3v) is 10.8. The molecule has 0 saturated carbocycles. The van der Waals surface area contributed by atoms with Crippen molar-refractivity contribution < 1.29 is 55.0 Å². The SMILES string of the molecule is COc1c(OCCOCCOCCNC(=O)CCCC[C@@H]2SC[C@@H]3NC(=O)N[C@@H]32)ccc2cc3[n+](cc12)CCc1cc2c(cc1-3)OCO2.[Cl-]. The zero-order valence-corrected chi connectivity index (χ0v) is 29.2. The zero-order chi connectivity index (χ0) is 32.9. The van der Waals surface area contributed by atoms with Gasteiger partial charge in [-0.15, -0.1) is 0 Å². The molecular weight excluding hydrogens is 672 g/mol. The maximum atomic E-state index is 12.2. The van der Waals surface area contributed by atoms with Crippen LogP contribution in [0.4, 0.5) is 4.79 Å². The van der Waals surface area contributed by atoms with Crippen LogP contribution in [0.3, 0.4) is 0 Å². The lowest BCUT2D eigenvalue weighted by molar-refractivity contribution is -0.686. The van der Waals surface area contributed by atoms with Crippen molar-refractivity contribution in [3.05, 3.63) is 42.1 Å². The van der Waals surface area contributed by atoms with Crippen molar-refractivity contribution in [1.29, 1.82) is 0 Å².